The Kier molecular flexibility index (Phi) is 6.27. The molecule has 3 rings (SSSR count). The largest absolute Gasteiger partial charge is 0.310 e. The molecular formula is C18H27N3O3S2. The summed E-state index contributed by atoms with van der Waals surface area (Å²) in [7, 11) is -3.14. The molecular weight excluding hydrogens is 370 g/mol. The highest BCUT2D eigenvalue weighted by atomic mass is 32.2. The second-order valence-electron chi connectivity index (χ2n) is 6.81. The predicted octanol–water partition coefficient (Wildman–Crippen LogP) is 1.87. The summed E-state index contributed by atoms with van der Waals surface area (Å²) in [6, 6.07) is 8.09. The smallest absolute Gasteiger partial charge is 0.241 e. The first-order valence-electron chi connectivity index (χ1n) is 9.17. The van der Waals surface area contributed by atoms with Gasteiger partial charge in [0.15, 0.2) is 0 Å². The second kappa shape index (κ2) is 8.29. The van der Waals surface area contributed by atoms with Gasteiger partial charge in [-0.1, -0.05) is 19.1 Å². The fourth-order valence-electron chi connectivity index (χ4n) is 3.37. The van der Waals surface area contributed by atoms with Crippen LogP contribution in [0.2, 0.25) is 0 Å². The summed E-state index contributed by atoms with van der Waals surface area (Å²) in [5.41, 5.74) is 0.999. The number of fused-ring (bicyclic) bond motifs is 1. The fraction of sp³-hybridized carbons (Fsp3) is 0.611. The second-order valence-corrected chi connectivity index (χ2v) is 10.5. The minimum Gasteiger partial charge on any atom is -0.310 e. The van der Waals surface area contributed by atoms with Gasteiger partial charge in [-0.15, -0.1) is 11.8 Å². The van der Waals surface area contributed by atoms with E-state index in [2.05, 4.69) is 17.9 Å². The SMILES string of the molecule is CCS(=O)(=O)N1CCN(CC(=O)N2CCC(C)Sc3ccccc32)CC1. The van der Waals surface area contributed by atoms with Crippen LogP contribution >= 0.6 is 11.8 Å². The standard InChI is InChI=1S/C18H27N3O3S2/c1-3-26(23,24)20-12-10-19(11-13-20)14-18(22)21-9-8-15(2)25-17-7-5-4-6-16(17)21/h4-7,15H,3,8-14H2,1-2H3. The average molecular weight is 398 g/mol. The third-order valence-electron chi connectivity index (χ3n) is 4.99. The molecule has 0 spiro atoms. The number of hydrogen-bond donors (Lipinski definition) is 0. The Morgan fingerprint density at radius 3 is 2.54 bits per heavy atom. The summed E-state index contributed by atoms with van der Waals surface area (Å²) in [5, 5.41) is 0.483. The minimum atomic E-state index is -3.14. The van der Waals surface area contributed by atoms with Crippen LogP contribution in [-0.4, -0.2) is 73.8 Å². The van der Waals surface area contributed by atoms with Crippen LogP contribution in [0.3, 0.4) is 0 Å². The van der Waals surface area contributed by atoms with Crippen molar-refractivity contribution >= 4 is 33.4 Å². The van der Waals surface area contributed by atoms with Crippen LogP contribution in [0.15, 0.2) is 29.2 Å². The number of benzene rings is 1. The molecule has 26 heavy (non-hydrogen) atoms. The number of sulfonamides is 1. The zero-order valence-electron chi connectivity index (χ0n) is 15.4. The molecule has 1 unspecified atom stereocenters. The van der Waals surface area contributed by atoms with E-state index in [-0.39, 0.29) is 11.7 Å². The van der Waals surface area contributed by atoms with E-state index in [1.165, 1.54) is 4.31 Å². The molecule has 1 fully saturated rings. The quantitative estimate of drug-likeness (QED) is 0.776. The number of carbonyl (C=O) groups is 1. The first-order valence-corrected chi connectivity index (χ1v) is 11.7. The van der Waals surface area contributed by atoms with Crippen molar-refractivity contribution < 1.29 is 13.2 Å². The molecule has 8 heteroatoms. The third kappa shape index (κ3) is 4.42. The normalized spacial score (nSPS) is 22.7. The van der Waals surface area contributed by atoms with Crippen LogP contribution in [0.4, 0.5) is 5.69 Å². The molecule has 2 heterocycles. The summed E-state index contributed by atoms with van der Waals surface area (Å²) in [6.45, 7) is 7.07. The average Bonchev–Trinajstić information content (AvgIpc) is 2.80. The van der Waals surface area contributed by atoms with Crippen LogP contribution < -0.4 is 4.90 Å². The highest BCUT2D eigenvalue weighted by molar-refractivity contribution is 8.00. The zero-order chi connectivity index (χ0) is 18.7. The maximum absolute atomic E-state index is 13.0. The van der Waals surface area contributed by atoms with Gasteiger partial charge in [-0.3, -0.25) is 9.69 Å². The van der Waals surface area contributed by atoms with Gasteiger partial charge in [0, 0.05) is 42.9 Å². The molecule has 0 radical (unpaired) electrons. The number of thioether (sulfide) groups is 1. The Balaban J connectivity index is 1.64. The van der Waals surface area contributed by atoms with Gasteiger partial charge in [0.1, 0.15) is 0 Å². The van der Waals surface area contributed by atoms with Crippen molar-refractivity contribution in [3.05, 3.63) is 24.3 Å². The zero-order valence-corrected chi connectivity index (χ0v) is 17.1. The first-order chi connectivity index (χ1) is 12.4. The molecule has 0 N–H and O–H groups in total. The lowest BCUT2D eigenvalue weighted by molar-refractivity contribution is -0.120. The van der Waals surface area contributed by atoms with Crippen LogP contribution in [0.25, 0.3) is 0 Å². The van der Waals surface area contributed by atoms with Crippen molar-refractivity contribution in [3.63, 3.8) is 0 Å². The van der Waals surface area contributed by atoms with Gasteiger partial charge in [-0.25, -0.2) is 8.42 Å². The highest BCUT2D eigenvalue weighted by Gasteiger charge is 2.29. The van der Waals surface area contributed by atoms with Gasteiger partial charge < -0.3 is 4.90 Å². The topological polar surface area (TPSA) is 60.9 Å². The van der Waals surface area contributed by atoms with Crippen molar-refractivity contribution in [3.8, 4) is 0 Å². The molecule has 1 atom stereocenters. The minimum absolute atomic E-state index is 0.0962. The molecule has 1 amide bonds. The number of piperazine rings is 1. The van der Waals surface area contributed by atoms with E-state index in [0.29, 0.717) is 38.0 Å². The lowest BCUT2D eigenvalue weighted by atomic mass is 10.2. The number of para-hydroxylation sites is 1. The van der Waals surface area contributed by atoms with Gasteiger partial charge >= 0.3 is 0 Å². The van der Waals surface area contributed by atoms with Crippen molar-refractivity contribution in [1.29, 1.82) is 0 Å². The van der Waals surface area contributed by atoms with E-state index in [1.54, 1.807) is 6.92 Å². The lowest BCUT2D eigenvalue weighted by Crippen LogP contribution is -2.52. The van der Waals surface area contributed by atoms with E-state index in [4.69, 9.17) is 0 Å². The molecule has 0 aromatic heterocycles. The highest BCUT2D eigenvalue weighted by Crippen LogP contribution is 2.37. The first kappa shape index (κ1) is 19.7. The van der Waals surface area contributed by atoms with Gasteiger partial charge in [0.05, 0.1) is 18.0 Å². The molecule has 0 bridgehead atoms. The van der Waals surface area contributed by atoms with Crippen LogP contribution in [0, 0.1) is 0 Å². The van der Waals surface area contributed by atoms with Gasteiger partial charge in [0.25, 0.3) is 0 Å². The lowest BCUT2D eigenvalue weighted by Gasteiger charge is -2.34. The molecule has 1 aromatic rings. The van der Waals surface area contributed by atoms with Gasteiger partial charge in [-0.2, -0.15) is 4.31 Å². The fourth-order valence-corrected chi connectivity index (χ4v) is 5.57. The number of rotatable bonds is 4. The van der Waals surface area contributed by atoms with E-state index < -0.39 is 10.0 Å². The summed E-state index contributed by atoms with van der Waals surface area (Å²) in [5.74, 6) is 0.228. The monoisotopic (exact) mass is 397 g/mol. The Labute approximate surface area is 160 Å². The molecule has 144 valence electrons. The number of hydrogen-bond acceptors (Lipinski definition) is 5. The Morgan fingerprint density at radius 2 is 1.85 bits per heavy atom. The van der Waals surface area contributed by atoms with Gasteiger partial charge in [-0.05, 0) is 25.5 Å². The summed E-state index contributed by atoms with van der Waals surface area (Å²) in [4.78, 5) is 18.1. The number of anilines is 1. The van der Waals surface area contributed by atoms with Gasteiger partial charge in [0.2, 0.25) is 15.9 Å². The molecule has 2 aliphatic rings. The van der Waals surface area contributed by atoms with E-state index in [9.17, 15) is 13.2 Å². The molecule has 0 saturated carbocycles. The van der Waals surface area contributed by atoms with E-state index >= 15 is 0 Å². The molecule has 2 aliphatic heterocycles. The van der Waals surface area contributed by atoms with Crippen LogP contribution in [-0.2, 0) is 14.8 Å². The maximum Gasteiger partial charge on any atom is 0.241 e. The van der Waals surface area contributed by atoms with E-state index in [0.717, 1.165) is 23.5 Å². The molecule has 1 aromatic carbocycles. The van der Waals surface area contributed by atoms with Crippen LogP contribution in [0.5, 0.6) is 0 Å². The number of nitrogens with zero attached hydrogens (tertiary/aromatic N) is 3. The Hall–Kier alpha value is -1.09. The Bertz CT molecular complexity index is 746. The maximum atomic E-state index is 13.0. The molecule has 0 aliphatic carbocycles. The van der Waals surface area contributed by atoms with Crippen molar-refractivity contribution in [2.75, 3.05) is 49.9 Å². The third-order valence-corrected chi connectivity index (χ3v) is 8.11. The number of amides is 1. The van der Waals surface area contributed by atoms with Crippen LogP contribution in [0.1, 0.15) is 20.3 Å². The molecule has 6 nitrogen and oxygen atoms in total. The summed E-state index contributed by atoms with van der Waals surface area (Å²) >= 11 is 1.82. The van der Waals surface area contributed by atoms with Crippen molar-refractivity contribution in [2.24, 2.45) is 0 Å². The summed E-state index contributed by atoms with van der Waals surface area (Å²) in [6.07, 6.45) is 0.966. The Morgan fingerprint density at radius 1 is 1.15 bits per heavy atom. The number of carbonyl (C=O) groups excluding carboxylic acids is 1. The predicted molar refractivity (Wildman–Crippen MR) is 106 cm³/mol. The molecule has 1 saturated heterocycles. The van der Waals surface area contributed by atoms with E-state index in [1.807, 2.05) is 34.9 Å². The summed E-state index contributed by atoms with van der Waals surface area (Å²) < 4.78 is 25.5. The van der Waals surface area contributed by atoms with Crippen molar-refractivity contribution in [2.45, 2.75) is 30.4 Å². The van der Waals surface area contributed by atoms with Crippen molar-refractivity contribution in [1.82, 2.24) is 9.21 Å².